The molecule has 0 radical (unpaired) electrons. The number of nitrogens with one attached hydrogen (secondary N) is 1. The maximum atomic E-state index is 13.6. The van der Waals surface area contributed by atoms with Gasteiger partial charge < -0.3 is 14.8 Å². The Labute approximate surface area is 164 Å². The van der Waals surface area contributed by atoms with E-state index in [0.29, 0.717) is 25.9 Å². The predicted molar refractivity (Wildman–Crippen MR) is 105 cm³/mol. The van der Waals surface area contributed by atoms with E-state index in [1.165, 1.54) is 6.07 Å². The molecule has 1 atom stereocenters. The quantitative estimate of drug-likeness (QED) is 0.794. The molecule has 0 saturated carbocycles. The summed E-state index contributed by atoms with van der Waals surface area (Å²) < 4.78 is 15.5. The van der Waals surface area contributed by atoms with E-state index in [0.717, 1.165) is 31.6 Å². The van der Waals surface area contributed by atoms with Crippen molar-refractivity contribution in [3.05, 3.63) is 48.3 Å². The molecule has 2 aromatic rings. The molecule has 1 N–H and O–H groups in total. The van der Waals surface area contributed by atoms with Gasteiger partial charge in [-0.2, -0.15) is 0 Å². The van der Waals surface area contributed by atoms with Gasteiger partial charge in [-0.1, -0.05) is 19.1 Å². The maximum Gasteiger partial charge on any atom is 0.242 e. The molecule has 7 heteroatoms. The van der Waals surface area contributed by atoms with Crippen LogP contribution < -0.4 is 5.32 Å². The summed E-state index contributed by atoms with van der Waals surface area (Å²) in [6.45, 7) is 3.76. The van der Waals surface area contributed by atoms with Crippen LogP contribution in [0.3, 0.4) is 0 Å². The lowest BCUT2D eigenvalue weighted by molar-refractivity contribution is -0.133. The Kier molecular flexibility index (Phi) is 6.79. The lowest BCUT2D eigenvalue weighted by atomic mass is 9.93. The summed E-state index contributed by atoms with van der Waals surface area (Å²) in [6.07, 6.45) is 7.31. The van der Waals surface area contributed by atoms with Gasteiger partial charge in [0.1, 0.15) is 18.2 Å². The van der Waals surface area contributed by atoms with E-state index in [1.807, 2.05) is 22.6 Å². The Morgan fingerprint density at radius 2 is 2.14 bits per heavy atom. The van der Waals surface area contributed by atoms with E-state index < -0.39 is 5.82 Å². The molecule has 0 bridgehead atoms. The molecule has 2 heterocycles. The molecule has 150 valence electrons. The molecule has 0 unspecified atom stereocenters. The molecule has 1 saturated heterocycles. The number of para-hydroxylation sites is 1. The van der Waals surface area contributed by atoms with Gasteiger partial charge >= 0.3 is 0 Å². The van der Waals surface area contributed by atoms with Crippen molar-refractivity contribution in [1.82, 2.24) is 14.5 Å². The first-order valence-corrected chi connectivity index (χ1v) is 9.89. The third-order valence-corrected chi connectivity index (χ3v) is 5.22. The number of hydrogen-bond acceptors (Lipinski definition) is 3. The van der Waals surface area contributed by atoms with Crippen LogP contribution in [0.2, 0.25) is 0 Å². The van der Waals surface area contributed by atoms with Gasteiger partial charge in [-0.3, -0.25) is 9.59 Å². The monoisotopic (exact) mass is 386 g/mol. The third kappa shape index (κ3) is 5.18. The lowest BCUT2D eigenvalue weighted by Gasteiger charge is -2.33. The first-order chi connectivity index (χ1) is 13.6. The summed E-state index contributed by atoms with van der Waals surface area (Å²) in [6, 6.07) is 6.15. The number of likely N-dealkylation sites (tertiary alicyclic amines) is 1. The van der Waals surface area contributed by atoms with Gasteiger partial charge in [0.25, 0.3) is 0 Å². The molecular formula is C21H27FN4O2. The second-order valence-corrected chi connectivity index (χ2v) is 7.24. The molecule has 1 fully saturated rings. The van der Waals surface area contributed by atoms with Crippen LogP contribution in [0.15, 0.2) is 36.7 Å². The fourth-order valence-electron chi connectivity index (χ4n) is 3.68. The molecule has 1 aliphatic heterocycles. The summed E-state index contributed by atoms with van der Waals surface area (Å²) >= 11 is 0. The van der Waals surface area contributed by atoms with Gasteiger partial charge in [-0.15, -0.1) is 0 Å². The minimum Gasteiger partial charge on any atom is -0.341 e. The zero-order valence-electron chi connectivity index (χ0n) is 16.2. The first kappa shape index (κ1) is 20.0. The third-order valence-electron chi connectivity index (χ3n) is 5.22. The Morgan fingerprint density at radius 3 is 2.93 bits per heavy atom. The molecule has 1 aromatic heterocycles. The summed E-state index contributed by atoms with van der Waals surface area (Å²) in [5.74, 6) is 0.660. The van der Waals surface area contributed by atoms with Gasteiger partial charge in [0.05, 0.1) is 5.69 Å². The largest absolute Gasteiger partial charge is 0.341 e. The van der Waals surface area contributed by atoms with E-state index in [1.54, 1.807) is 24.4 Å². The molecular weight excluding hydrogens is 359 g/mol. The van der Waals surface area contributed by atoms with Crippen molar-refractivity contribution in [2.75, 3.05) is 18.4 Å². The Hall–Kier alpha value is -2.70. The standard InChI is InChI=1S/C21H27FN4O2/c1-2-19-23-11-13-25(19)15-21(28)26-12-5-6-16(14-26)9-10-20(27)24-18-8-4-3-7-17(18)22/h3-4,7-8,11,13,16H,2,5-6,9-10,12,14-15H2,1H3,(H,24,27)/t16-/m1/s1. The van der Waals surface area contributed by atoms with E-state index in [9.17, 15) is 14.0 Å². The summed E-state index contributed by atoms with van der Waals surface area (Å²) in [5.41, 5.74) is 0.208. The van der Waals surface area contributed by atoms with E-state index >= 15 is 0 Å². The number of anilines is 1. The first-order valence-electron chi connectivity index (χ1n) is 9.89. The number of halogens is 1. The Balaban J connectivity index is 1.47. The molecule has 0 spiro atoms. The van der Waals surface area contributed by atoms with Crippen LogP contribution in [0.5, 0.6) is 0 Å². The van der Waals surface area contributed by atoms with Crippen LogP contribution in [0.4, 0.5) is 10.1 Å². The number of imidazole rings is 1. The van der Waals surface area contributed by atoms with Gasteiger partial charge in [0.15, 0.2) is 0 Å². The van der Waals surface area contributed by atoms with E-state index in [-0.39, 0.29) is 23.4 Å². The molecule has 28 heavy (non-hydrogen) atoms. The van der Waals surface area contributed by atoms with Crippen LogP contribution >= 0.6 is 0 Å². The average Bonchev–Trinajstić information content (AvgIpc) is 3.15. The highest BCUT2D eigenvalue weighted by Gasteiger charge is 2.24. The zero-order valence-corrected chi connectivity index (χ0v) is 16.2. The Bertz CT molecular complexity index is 820. The van der Waals surface area contributed by atoms with Crippen molar-refractivity contribution < 1.29 is 14.0 Å². The number of aromatic nitrogens is 2. The van der Waals surface area contributed by atoms with Crippen LogP contribution in [-0.4, -0.2) is 39.4 Å². The van der Waals surface area contributed by atoms with Crippen molar-refractivity contribution in [3.63, 3.8) is 0 Å². The number of carbonyl (C=O) groups excluding carboxylic acids is 2. The minimum absolute atomic E-state index is 0.0909. The van der Waals surface area contributed by atoms with Crippen molar-refractivity contribution in [1.29, 1.82) is 0 Å². The maximum absolute atomic E-state index is 13.6. The molecule has 3 rings (SSSR count). The number of benzene rings is 1. The van der Waals surface area contributed by atoms with Crippen molar-refractivity contribution in [3.8, 4) is 0 Å². The number of piperidine rings is 1. The van der Waals surface area contributed by atoms with E-state index in [4.69, 9.17) is 0 Å². The highest BCUT2D eigenvalue weighted by atomic mass is 19.1. The molecule has 6 nitrogen and oxygen atoms in total. The van der Waals surface area contributed by atoms with Gasteiger partial charge in [-0.05, 0) is 37.3 Å². The van der Waals surface area contributed by atoms with Crippen molar-refractivity contribution in [2.45, 2.75) is 45.6 Å². The summed E-state index contributed by atoms with van der Waals surface area (Å²) in [5, 5.41) is 2.62. The molecule has 0 aliphatic carbocycles. The number of rotatable bonds is 7. The predicted octanol–water partition coefficient (Wildman–Crippen LogP) is 3.24. The molecule has 1 aliphatic rings. The van der Waals surface area contributed by atoms with Crippen LogP contribution in [0.1, 0.15) is 38.4 Å². The minimum atomic E-state index is -0.434. The second kappa shape index (κ2) is 9.48. The summed E-state index contributed by atoms with van der Waals surface area (Å²) in [7, 11) is 0. The highest BCUT2D eigenvalue weighted by Crippen LogP contribution is 2.22. The van der Waals surface area contributed by atoms with Crippen molar-refractivity contribution in [2.24, 2.45) is 5.92 Å². The number of amides is 2. The highest BCUT2D eigenvalue weighted by molar-refractivity contribution is 5.90. The van der Waals surface area contributed by atoms with Gasteiger partial charge in [-0.25, -0.2) is 9.37 Å². The van der Waals surface area contributed by atoms with E-state index in [2.05, 4.69) is 10.3 Å². The normalized spacial score (nSPS) is 16.8. The zero-order chi connectivity index (χ0) is 19.9. The van der Waals surface area contributed by atoms with Crippen LogP contribution in [0.25, 0.3) is 0 Å². The second-order valence-electron chi connectivity index (χ2n) is 7.24. The number of nitrogens with zero attached hydrogens (tertiary/aromatic N) is 3. The number of aryl methyl sites for hydroxylation is 1. The number of hydrogen-bond donors (Lipinski definition) is 1. The van der Waals surface area contributed by atoms with Crippen LogP contribution in [0, 0.1) is 11.7 Å². The molecule has 1 aromatic carbocycles. The van der Waals surface area contributed by atoms with Crippen molar-refractivity contribution >= 4 is 17.5 Å². The fraction of sp³-hybridized carbons (Fsp3) is 0.476. The average molecular weight is 386 g/mol. The fourth-order valence-corrected chi connectivity index (χ4v) is 3.68. The number of carbonyl (C=O) groups is 2. The topological polar surface area (TPSA) is 67.2 Å². The smallest absolute Gasteiger partial charge is 0.242 e. The van der Waals surface area contributed by atoms with Gasteiger partial charge in [0, 0.05) is 38.3 Å². The Morgan fingerprint density at radius 1 is 1.32 bits per heavy atom. The summed E-state index contributed by atoms with van der Waals surface area (Å²) in [4.78, 5) is 30.9. The van der Waals surface area contributed by atoms with Crippen LogP contribution in [-0.2, 0) is 22.6 Å². The SMILES string of the molecule is CCc1nccn1CC(=O)N1CCC[C@H](CCC(=O)Nc2ccccc2F)C1. The lowest BCUT2D eigenvalue weighted by Crippen LogP contribution is -2.41. The molecule has 2 amide bonds. The van der Waals surface area contributed by atoms with Gasteiger partial charge in [0.2, 0.25) is 11.8 Å².